The maximum Gasteiger partial charge on any atom is 2.00 e. The van der Waals surface area contributed by atoms with Crippen molar-refractivity contribution in [2.45, 2.75) is 6.92 Å². The van der Waals surface area contributed by atoms with Crippen molar-refractivity contribution in [3.63, 3.8) is 0 Å². The Hall–Kier alpha value is -2.57. The van der Waals surface area contributed by atoms with Crippen LogP contribution in [-0.2, 0) is 19.5 Å². The SMILES string of the molecule is Cc1ccc(N=C(c2ccccc2)[c-]2cccc2)cc1.[Ru+2].c1cc[cH-]c1. The van der Waals surface area contributed by atoms with Gasteiger partial charge in [0.05, 0.1) is 5.69 Å². The number of hydrogen-bond acceptors (Lipinski definition) is 1. The van der Waals surface area contributed by atoms with Crippen molar-refractivity contribution >= 4 is 11.4 Å². The zero-order chi connectivity index (χ0) is 17.3. The van der Waals surface area contributed by atoms with Gasteiger partial charge in [-0.2, -0.15) is 30.3 Å². The predicted octanol–water partition coefficient (Wildman–Crippen LogP) is 6.29. The van der Waals surface area contributed by atoms with Crippen LogP contribution in [0.4, 0.5) is 5.69 Å². The summed E-state index contributed by atoms with van der Waals surface area (Å²) in [6, 6.07) is 36.9. The van der Waals surface area contributed by atoms with Crippen LogP contribution < -0.4 is 0 Å². The summed E-state index contributed by atoms with van der Waals surface area (Å²) in [4.78, 5) is 4.83. The molecule has 0 amide bonds. The fourth-order valence-corrected chi connectivity index (χ4v) is 2.49. The van der Waals surface area contributed by atoms with Crippen LogP contribution in [0.25, 0.3) is 0 Å². The third-order valence-corrected chi connectivity index (χ3v) is 3.81. The molecule has 0 fully saturated rings. The van der Waals surface area contributed by atoms with E-state index in [1.165, 1.54) is 5.56 Å². The molecule has 0 aliphatic carbocycles. The van der Waals surface area contributed by atoms with Gasteiger partial charge < -0.3 is 0 Å². The van der Waals surface area contributed by atoms with Gasteiger partial charge in [-0.1, -0.05) is 59.2 Å². The van der Waals surface area contributed by atoms with Gasteiger partial charge in [0, 0.05) is 0 Å². The van der Waals surface area contributed by atoms with E-state index in [0.29, 0.717) is 0 Å². The molecule has 4 aromatic carbocycles. The molecule has 0 saturated heterocycles. The minimum absolute atomic E-state index is 0. The van der Waals surface area contributed by atoms with Gasteiger partial charge in [0.2, 0.25) is 0 Å². The van der Waals surface area contributed by atoms with Crippen LogP contribution in [-0.4, -0.2) is 5.71 Å². The van der Waals surface area contributed by atoms with Crippen molar-refractivity contribution in [2.24, 2.45) is 4.99 Å². The molecule has 0 radical (unpaired) electrons. The quantitative estimate of drug-likeness (QED) is 0.208. The minimum Gasteiger partial charge on any atom is -0.268 e. The second-order valence-corrected chi connectivity index (χ2v) is 5.80. The molecule has 0 aliphatic rings. The molecule has 0 bridgehead atoms. The molecule has 26 heavy (non-hydrogen) atoms. The molecule has 0 saturated carbocycles. The summed E-state index contributed by atoms with van der Waals surface area (Å²) in [5.41, 5.74) is 5.53. The molecule has 0 unspecified atom stereocenters. The van der Waals surface area contributed by atoms with E-state index in [1.807, 2.05) is 60.7 Å². The summed E-state index contributed by atoms with van der Waals surface area (Å²) >= 11 is 0. The van der Waals surface area contributed by atoms with Gasteiger partial charge in [0.1, 0.15) is 0 Å². The number of aryl methyl sites for hydroxylation is 1. The van der Waals surface area contributed by atoms with E-state index in [2.05, 4.69) is 55.5 Å². The monoisotopic (exact) mass is 425 g/mol. The fourth-order valence-electron chi connectivity index (χ4n) is 2.49. The van der Waals surface area contributed by atoms with Gasteiger partial charge in [0.25, 0.3) is 0 Å². The molecule has 0 aliphatic heterocycles. The Balaban J connectivity index is 0.000000351. The molecule has 0 heterocycles. The van der Waals surface area contributed by atoms with E-state index in [-0.39, 0.29) is 19.5 Å². The van der Waals surface area contributed by atoms with E-state index in [0.717, 1.165) is 22.5 Å². The molecular formula is C24H21NRu. The van der Waals surface area contributed by atoms with Crippen LogP contribution in [0.5, 0.6) is 0 Å². The van der Waals surface area contributed by atoms with Crippen molar-refractivity contribution in [1.29, 1.82) is 0 Å². The van der Waals surface area contributed by atoms with E-state index < -0.39 is 0 Å². The first-order valence-electron chi connectivity index (χ1n) is 8.42. The standard InChI is InChI=1S/C19H16N.C5H5.Ru/c1-15-11-13-18(14-12-15)20-19(17-9-5-6-10-17)16-7-3-2-4-8-16;1-2-4-5-3-1;/h2-14H,1H3;1-5H;/q2*-1;+2. The maximum atomic E-state index is 4.83. The Kier molecular flexibility index (Phi) is 7.92. The van der Waals surface area contributed by atoms with Crippen LogP contribution >= 0.6 is 0 Å². The van der Waals surface area contributed by atoms with Gasteiger partial charge >= 0.3 is 19.5 Å². The zero-order valence-electron chi connectivity index (χ0n) is 14.7. The summed E-state index contributed by atoms with van der Waals surface area (Å²) in [5.74, 6) is 0. The molecule has 0 spiro atoms. The fraction of sp³-hybridized carbons (Fsp3) is 0.0417. The first-order valence-corrected chi connectivity index (χ1v) is 8.42. The van der Waals surface area contributed by atoms with Crippen molar-refractivity contribution in [1.82, 2.24) is 0 Å². The van der Waals surface area contributed by atoms with Gasteiger partial charge in [0.15, 0.2) is 0 Å². The third-order valence-electron chi connectivity index (χ3n) is 3.81. The Labute approximate surface area is 168 Å². The minimum atomic E-state index is 0. The smallest absolute Gasteiger partial charge is 0.268 e. The van der Waals surface area contributed by atoms with Crippen LogP contribution in [0.2, 0.25) is 0 Å². The van der Waals surface area contributed by atoms with Crippen LogP contribution in [0.3, 0.4) is 0 Å². The molecule has 0 atom stereocenters. The first kappa shape index (κ1) is 19.8. The van der Waals surface area contributed by atoms with Gasteiger partial charge in [-0.15, -0.1) is 12.1 Å². The van der Waals surface area contributed by atoms with Crippen molar-refractivity contribution < 1.29 is 19.5 Å². The Morgan fingerprint density at radius 3 is 1.92 bits per heavy atom. The number of benzene rings is 2. The molecule has 130 valence electrons. The van der Waals surface area contributed by atoms with Gasteiger partial charge in [-0.05, 0) is 24.8 Å². The molecule has 4 aromatic rings. The van der Waals surface area contributed by atoms with Crippen LogP contribution in [0.1, 0.15) is 16.7 Å². The normalized spacial score (nSPS) is 10.4. The molecule has 2 heteroatoms. The first-order chi connectivity index (χ1) is 12.3. The van der Waals surface area contributed by atoms with E-state index in [4.69, 9.17) is 4.99 Å². The van der Waals surface area contributed by atoms with Crippen molar-refractivity contribution in [3.05, 3.63) is 126 Å². The summed E-state index contributed by atoms with van der Waals surface area (Å²) in [6.07, 6.45) is 0. The summed E-state index contributed by atoms with van der Waals surface area (Å²) < 4.78 is 0. The van der Waals surface area contributed by atoms with E-state index in [1.54, 1.807) is 0 Å². The van der Waals surface area contributed by atoms with Crippen LogP contribution in [0.15, 0.2) is 114 Å². The molecule has 0 N–H and O–H groups in total. The molecule has 0 aromatic heterocycles. The topological polar surface area (TPSA) is 12.4 Å². The average molecular weight is 425 g/mol. The molecule has 1 nitrogen and oxygen atoms in total. The molecule has 4 rings (SSSR count). The zero-order valence-corrected chi connectivity index (χ0v) is 16.4. The van der Waals surface area contributed by atoms with Crippen LogP contribution in [0, 0.1) is 6.92 Å². The Bertz CT molecular complexity index is 854. The summed E-state index contributed by atoms with van der Waals surface area (Å²) in [5, 5.41) is 0. The number of nitrogens with zero attached hydrogens (tertiary/aromatic N) is 1. The number of aliphatic imine (C=N–C) groups is 1. The van der Waals surface area contributed by atoms with Gasteiger partial charge in [-0.25, -0.2) is 12.1 Å². The average Bonchev–Trinajstić information content (AvgIpc) is 3.38. The second kappa shape index (κ2) is 10.4. The number of hydrogen-bond donors (Lipinski definition) is 0. The van der Waals surface area contributed by atoms with Crippen molar-refractivity contribution in [2.75, 3.05) is 0 Å². The van der Waals surface area contributed by atoms with E-state index >= 15 is 0 Å². The summed E-state index contributed by atoms with van der Waals surface area (Å²) in [6.45, 7) is 2.09. The molecular weight excluding hydrogens is 403 g/mol. The largest absolute Gasteiger partial charge is 2.00 e. The maximum absolute atomic E-state index is 4.83. The van der Waals surface area contributed by atoms with Crippen molar-refractivity contribution in [3.8, 4) is 0 Å². The predicted molar refractivity (Wildman–Crippen MR) is 107 cm³/mol. The number of rotatable bonds is 3. The summed E-state index contributed by atoms with van der Waals surface area (Å²) in [7, 11) is 0. The second-order valence-electron chi connectivity index (χ2n) is 5.80. The van der Waals surface area contributed by atoms with Gasteiger partial charge in [-0.3, -0.25) is 4.99 Å². The van der Waals surface area contributed by atoms with E-state index in [9.17, 15) is 0 Å². The Morgan fingerprint density at radius 2 is 1.38 bits per heavy atom. The third kappa shape index (κ3) is 5.75. The Morgan fingerprint density at radius 1 is 0.769 bits per heavy atom.